The molecule has 1 aliphatic carbocycles. The normalized spacial score (nSPS) is 14.3. The molecule has 0 saturated heterocycles. The lowest BCUT2D eigenvalue weighted by molar-refractivity contribution is 0.429. The Morgan fingerprint density at radius 2 is 1.09 bits per heavy atom. The lowest BCUT2D eigenvalue weighted by Crippen LogP contribution is -2.15. The van der Waals surface area contributed by atoms with Gasteiger partial charge in [-0.3, -0.25) is 0 Å². The molecule has 0 radical (unpaired) electrons. The van der Waals surface area contributed by atoms with E-state index >= 15 is 0 Å². The Labute approximate surface area is 314 Å². The first-order valence-corrected chi connectivity index (χ1v) is 18.8. The van der Waals surface area contributed by atoms with Crippen LogP contribution in [0.1, 0.15) is 22.6 Å². The second kappa shape index (κ2) is 12.4. The average molecular weight is 690 g/mol. The van der Waals surface area contributed by atoms with Gasteiger partial charge in [-0.2, -0.15) is 0 Å². The predicted molar refractivity (Wildman–Crippen MR) is 226 cm³/mol. The molecule has 1 heterocycles. The van der Waals surface area contributed by atoms with E-state index in [1.54, 1.807) is 0 Å². The molecule has 0 aromatic heterocycles. The molecule has 0 bridgehead atoms. The minimum Gasteiger partial charge on any atom is -0.461 e. The van der Waals surface area contributed by atoms with Gasteiger partial charge in [0.1, 0.15) is 11.5 Å². The molecule has 254 valence electrons. The number of rotatable bonds is 5. The van der Waals surface area contributed by atoms with Gasteiger partial charge in [-0.25, -0.2) is 0 Å². The van der Waals surface area contributed by atoms with Gasteiger partial charge < -0.3 is 9.64 Å². The summed E-state index contributed by atoms with van der Waals surface area (Å²) in [7, 11) is 0. The van der Waals surface area contributed by atoms with Crippen LogP contribution in [0.4, 0.5) is 17.1 Å². The molecule has 54 heavy (non-hydrogen) atoms. The van der Waals surface area contributed by atoms with E-state index in [-0.39, 0.29) is 5.92 Å². The standard InChI is InChI=1S/C52H35NO/c1-2-9-34(10-3-1)35-21-26-43(27-22-35)53(48-15-8-16-49-52(48)47-32-39-12-4-5-13-40(39)33-50(47)54-49)44-28-23-36(24-29-44)41-25-30-46-42(31-41)20-19-38-18-17-37-11-6-7-14-45(37)51(38)46/h1-31,33,47H,32H2. The first kappa shape index (κ1) is 30.7. The topological polar surface area (TPSA) is 12.5 Å². The number of hydrogen-bond donors (Lipinski definition) is 0. The number of allylic oxidation sites excluding steroid dienone is 1. The molecular formula is C52H35NO. The zero-order chi connectivity index (χ0) is 35.6. The van der Waals surface area contributed by atoms with Crippen LogP contribution < -0.4 is 9.64 Å². The summed E-state index contributed by atoms with van der Waals surface area (Å²) >= 11 is 0. The minimum absolute atomic E-state index is 0.155. The van der Waals surface area contributed by atoms with E-state index in [0.29, 0.717) is 0 Å². The van der Waals surface area contributed by atoms with Crippen LogP contribution in [0.15, 0.2) is 194 Å². The third kappa shape index (κ3) is 5.03. The summed E-state index contributed by atoms with van der Waals surface area (Å²) < 4.78 is 6.60. The first-order valence-electron chi connectivity index (χ1n) is 18.8. The molecule has 0 fully saturated rings. The third-order valence-electron chi connectivity index (χ3n) is 11.4. The second-order valence-corrected chi connectivity index (χ2v) is 14.5. The summed E-state index contributed by atoms with van der Waals surface area (Å²) in [5.74, 6) is 2.13. The number of anilines is 3. The zero-order valence-electron chi connectivity index (χ0n) is 29.6. The van der Waals surface area contributed by atoms with Crippen molar-refractivity contribution in [2.45, 2.75) is 12.3 Å². The van der Waals surface area contributed by atoms with Crippen LogP contribution in [-0.2, 0) is 6.42 Å². The second-order valence-electron chi connectivity index (χ2n) is 14.5. The van der Waals surface area contributed by atoms with Gasteiger partial charge in [-0.15, -0.1) is 0 Å². The van der Waals surface area contributed by atoms with Gasteiger partial charge in [0.2, 0.25) is 0 Å². The Morgan fingerprint density at radius 3 is 1.91 bits per heavy atom. The summed E-state index contributed by atoms with van der Waals surface area (Å²) in [6.45, 7) is 0. The summed E-state index contributed by atoms with van der Waals surface area (Å²) in [6, 6.07) is 68.4. The fourth-order valence-electron chi connectivity index (χ4n) is 8.75. The Balaban J connectivity index is 1.01. The van der Waals surface area contributed by atoms with Crippen LogP contribution in [0.3, 0.4) is 0 Å². The van der Waals surface area contributed by atoms with Gasteiger partial charge in [0.05, 0.1) is 11.6 Å². The van der Waals surface area contributed by atoms with Gasteiger partial charge in [0.15, 0.2) is 0 Å². The number of nitrogens with zero attached hydrogens (tertiary/aromatic N) is 1. The van der Waals surface area contributed by atoms with Crippen molar-refractivity contribution in [1.82, 2.24) is 0 Å². The van der Waals surface area contributed by atoms with Gasteiger partial charge in [0, 0.05) is 16.9 Å². The van der Waals surface area contributed by atoms with Gasteiger partial charge in [-0.05, 0) is 121 Å². The number of benzene rings is 9. The number of fused-ring (bicyclic) bond motifs is 9. The van der Waals surface area contributed by atoms with Crippen LogP contribution in [0.25, 0.3) is 60.6 Å². The average Bonchev–Trinajstić information content (AvgIpc) is 3.61. The monoisotopic (exact) mass is 689 g/mol. The molecule has 2 aliphatic rings. The van der Waals surface area contributed by atoms with Gasteiger partial charge >= 0.3 is 0 Å². The Bertz CT molecular complexity index is 2920. The highest BCUT2D eigenvalue weighted by Gasteiger charge is 2.36. The van der Waals surface area contributed by atoms with Crippen molar-refractivity contribution < 1.29 is 4.74 Å². The maximum Gasteiger partial charge on any atom is 0.133 e. The summed E-state index contributed by atoms with van der Waals surface area (Å²) in [5.41, 5.74) is 12.0. The van der Waals surface area contributed by atoms with Crippen molar-refractivity contribution in [3.8, 4) is 28.0 Å². The van der Waals surface area contributed by atoms with Crippen molar-refractivity contribution in [2.75, 3.05) is 4.90 Å². The van der Waals surface area contributed by atoms with E-state index in [0.717, 1.165) is 35.0 Å². The molecule has 11 rings (SSSR count). The predicted octanol–water partition coefficient (Wildman–Crippen LogP) is 14.0. The summed E-state index contributed by atoms with van der Waals surface area (Å²) in [6.07, 6.45) is 3.15. The van der Waals surface area contributed by atoms with Gasteiger partial charge in [0.25, 0.3) is 0 Å². The number of hydrogen-bond acceptors (Lipinski definition) is 2. The largest absolute Gasteiger partial charge is 0.461 e. The molecular weight excluding hydrogens is 655 g/mol. The molecule has 0 amide bonds. The quantitative estimate of drug-likeness (QED) is 0.167. The van der Waals surface area contributed by atoms with Crippen LogP contribution in [0.2, 0.25) is 0 Å². The fourth-order valence-corrected chi connectivity index (χ4v) is 8.75. The van der Waals surface area contributed by atoms with Crippen LogP contribution in [-0.4, -0.2) is 0 Å². The lowest BCUT2D eigenvalue weighted by Gasteiger charge is -2.29. The molecule has 0 N–H and O–H groups in total. The van der Waals surface area contributed by atoms with Crippen LogP contribution in [0, 0.1) is 0 Å². The highest BCUT2D eigenvalue weighted by atomic mass is 16.5. The van der Waals surface area contributed by atoms with Crippen molar-refractivity contribution in [3.05, 3.63) is 211 Å². The molecule has 1 unspecified atom stereocenters. The smallest absolute Gasteiger partial charge is 0.133 e. The third-order valence-corrected chi connectivity index (χ3v) is 11.4. The van der Waals surface area contributed by atoms with E-state index in [2.05, 4.69) is 199 Å². The van der Waals surface area contributed by atoms with E-state index in [9.17, 15) is 0 Å². The highest BCUT2D eigenvalue weighted by molar-refractivity contribution is 6.20. The van der Waals surface area contributed by atoms with Crippen LogP contribution in [0.5, 0.6) is 5.75 Å². The molecule has 2 heteroatoms. The maximum atomic E-state index is 6.60. The van der Waals surface area contributed by atoms with Crippen molar-refractivity contribution >= 4 is 55.5 Å². The van der Waals surface area contributed by atoms with E-state index in [4.69, 9.17) is 4.74 Å². The fraction of sp³-hybridized carbons (Fsp3) is 0.0385. The highest BCUT2D eigenvalue weighted by Crippen LogP contribution is 2.52. The molecule has 9 aromatic carbocycles. The lowest BCUT2D eigenvalue weighted by atomic mass is 9.84. The van der Waals surface area contributed by atoms with Crippen molar-refractivity contribution in [1.29, 1.82) is 0 Å². The van der Waals surface area contributed by atoms with Crippen molar-refractivity contribution in [3.63, 3.8) is 0 Å². The minimum atomic E-state index is 0.155. The summed E-state index contributed by atoms with van der Waals surface area (Å²) in [4.78, 5) is 2.40. The molecule has 9 aromatic rings. The van der Waals surface area contributed by atoms with Crippen molar-refractivity contribution in [2.24, 2.45) is 0 Å². The van der Waals surface area contributed by atoms with E-state index in [1.165, 1.54) is 71.3 Å². The SMILES string of the molecule is C1=C2Oc3cccc(N(c4ccc(-c5ccccc5)cc4)c4ccc(-c5ccc6c(ccc7ccc8ccccc8c76)c5)cc4)c3C2Cc2ccccc21. The Hall–Kier alpha value is -6.90. The molecule has 2 nitrogen and oxygen atoms in total. The Morgan fingerprint density at radius 1 is 0.463 bits per heavy atom. The molecule has 0 saturated carbocycles. The maximum absolute atomic E-state index is 6.60. The molecule has 0 spiro atoms. The van der Waals surface area contributed by atoms with Gasteiger partial charge in [-0.1, -0.05) is 146 Å². The Kier molecular flexibility index (Phi) is 7.03. The first-order chi connectivity index (χ1) is 26.7. The molecule has 1 aliphatic heterocycles. The number of ether oxygens (including phenoxy) is 1. The summed E-state index contributed by atoms with van der Waals surface area (Å²) in [5, 5.41) is 7.69. The van der Waals surface area contributed by atoms with Crippen LogP contribution >= 0.6 is 0 Å². The molecule has 1 atom stereocenters. The van der Waals surface area contributed by atoms with E-state index < -0.39 is 0 Å². The van der Waals surface area contributed by atoms with E-state index in [1.807, 2.05) is 0 Å². The zero-order valence-corrected chi connectivity index (χ0v) is 29.6.